The minimum absolute atomic E-state index is 0.145. The maximum absolute atomic E-state index is 13.3. The molecule has 8 heteroatoms. The molecule has 3 heterocycles. The Kier molecular flexibility index (Phi) is 6.55. The number of pyridine rings is 2. The second-order valence-corrected chi connectivity index (χ2v) is 8.04. The van der Waals surface area contributed by atoms with E-state index in [2.05, 4.69) is 18.0 Å². The van der Waals surface area contributed by atoms with Crippen molar-refractivity contribution < 1.29 is 9.53 Å². The molecule has 34 heavy (non-hydrogen) atoms. The van der Waals surface area contributed by atoms with Crippen LogP contribution in [0.15, 0.2) is 58.4 Å². The molecule has 8 nitrogen and oxygen atoms in total. The minimum atomic E-state index is -0.507. The van der Waals surface area contributed by atoms with Gasteiger partial charge in [-0.1, -0.05) is 31.9 Å². The topological polar surface area (TPSA) is 102 Å². The lowest BCUT2D eigenvalue weighted by atomic mass is 10.2. The Hall–Kier alpha value is -4.25. The van der Waals surface area contributed by atoms with E-state index in [4.69, 9.17) is 9.72 Å². The monoisotopic (exact) mass is 455 g/mol. The van der Waals surface area contributed by atoms with Gasteiger partial charge in [0, 0.05) is 18.3 Å². The molecule has 0 saturated carbocycles. The third-order valence-corrected chi connectivity index (χ3v) is 5.73. The number of amides is 1. The van der Waals surface area contributed by atoms with Gasteiger partial charge < -0.3 is 9.30 Å². The lowest BCUT2D eigenvalue weighted by Gasteiger charge is -2.14. The number of fused-ring (bicyclic) bond motifs is 2. The molecule has 4 aromatic rings. The number of unbranched alkanes of at least 4 members (excludes halogenated alkanes) is 2. The Morgan fingerprint density at radius 3 is 2.74 bits per heavy atom. The quantitative estimate of drug-likeness (QED) is 0.325. The van der Waals surface area contributed by atoms with Gasteiger partial charge in [-0.2, -0.15) is 10.3 Å². The van der Waals surface area contributed by atoms with E-state index in [9.17, 15) is 14.9 Å². The summed E-state index contributed by atoms with van der Waals surface area (Å²) >= 11 is 0. The molecule has 1 amide bonds. The van der Waals surface area contributed by atoms with Gasteiger partial charge in [-0.15, -0.1) is 0 Å². The van der Waals surface area contributed by atoms with Crippen LogP contribution >= 0.6 is 0 Å². The molecule has 172 valence electrons. The fraction of sp³-hybridized carbons (Fsp3) is 0.269. The highest BCUT2D eigenvalue weighted by Gasteiger charge is 2.16. The third kappa shape index (κ3) is 4.20. The molecule has 0 aliphatic heterocycles. The van der Waals surface area contributed by atoms with Gasteiger partial charge in [0.05, 0.1) is 18.1 Å². The van der Waals surface area contributed by atoms with Crippen LogP contribution in [0.5, 0.6) is 5.75 Å². The number of carbonyl (C=O) groups is 1. The number of methoxy groups -OCH3 is 1. The van der Waals surface area contributed by atoms with Crippen molar-refractivity contribution in [2.75, 3.05) is 7.11 Å². The zero-order valence-corrected chi connectivity index (χ0v) is 19.4. The van der Waals surface area contributed by atoms with Crippen LogP contribution in [0.2, 0.25) is 0 Å². The Morgan fingerprint density at radius 2 is 2.00 bits per heavy atom. The van der Waals surface area contributed by atoms with Crippen LogP contribution < -0.4 is 15.8 Å². The number of aromatic nitrogens is 3. The number of nitrogens with zero attached hydrogens (tertiary/aromatic N) is 5. The number of carbonyl (C=O) groups excluding carboxylic acids is 1. The smallest absolute Gasteiger partial charge is 0.279 e. The van der Waals surface area contributed by atoms with Crippen LogP contribution in [-0.2, 0) is 6.54 Å². The van der Waals surface area contributed by atoms with Gasteiger partial charge in [-0.3, -0.25) is 14.0 Å². The number of ether oxygens (including phenoxy) is 1. The van der Waals surface area contributed by atoms with Crippen molar-refractivity contribution in [3.05, 3.63) is 81.2 Å². The molecule has 4 rings (SSSR count). The standard InChI is InChI=1S/C26H25N5O3/c1-4-5-6-12-30-23(29-25(32)18-10-7-11-20(14-18)34-3)19(16-27)15-21-24(30)28-22-17(2)9-8-13-31(22)26(21)33/h7-11,13-15H,4-6,12H2,1-3H3. The van der Waals surface area contributed by atoms with Gasteiger partial charge in [-0.05, 0) is 49.2 Å². The molecule has 0 atom stereocenters. The average Bonchev–Trinajstić information content (AvgIpc) is 2.86. The van der Waals surface area contributed by atoms with Gasteiger partial charge in [0.1, 0.15) is 23.1 Å². The van der Waals surface area contributed by atoms with E-state index in [-0.39, 0.29) is 16.6 Å². The molecule has 0 N–H and O–H groups in total. The molecular weight excluding hydrogens is 430 g/mol. The first kappa shape index (κ1) is 22.9. The van der Waals surface area contributed by atoms with Crippen molar-refractivity contribution in [2.45, 2.75) is 39.7 Å². The summed E-state index contributed by atoms with van der Waals surface area (Å²) in [7, 11) is 1.52. The summed E-state index contributed by atoms with van der Waals surface area (Å²) in [5.41, 5.74) is 2.19. The second kappa shape index (κ2) is 9.71. The summed E-state index contributed by atoms with van der Waals surface area (Å²) in [4.78, 5) is 35.5. The van der Waals surface area contributed by atoms with Crippen molar-refractivity contribution in [1.29, 1.82) is 5.26 Å². The Labute approximate surface area is 196 Å². The van der Waals surface area contributed by atoms with E-state index in [1.54, 1.807) is 41.1 Å². The van der Waals surface area contributed by atoms with Gasteiger partial charge in [0.15, 0.2) is 5.49 Å². The molecule has 0 fully saturated rings. The van der Waals surface area contributed by atoms with E-state index in [0.717, 1.165) is 24.8 Å². The summed E-state index contributed by atoms with van der Waals surface area (Å²) in [6, 6.07) is 14.0. The minimum Gasteiger partial charge on any atom is -0.497 e. The molecule has 3 aromatic heterocycles. The Morgan fingerprint density at radius 1 is 1.18 bits per heavy atom. The predicted molar refractivity (Wildman–Crippen MR) is 129 cm³/mol. The highest BCUT2D eigenvalue weighted by Crippen LogP contribution is 2.15. The highest BCUT2D eigenvalue weighted by atomic mass is 16.5. The van der Waals surface area contributed by atoms with Gasteiger partial charge in [0.25, 0.3) is 11.5 Å². The first-order valence-electron chi connectivity index (χ1n) is 11.2. The van der Waals surface area contributed by atoms with Crippen LogP contribution in [0.1, 0.15) is 47.7 Å². The second-order valence-electron chi connectivity index (χ2n) is 8.04. The van der Waals surface area contributed by atoms with Crippen molar-refractivity contribution in [1.82, 2.24) is 14.0 Å². The first-order valence-corrected chi connectivity index (χ1v) is 11.2. The zero-order valence-electron chi connectivity index (χ0n) is 19.4. The maximum Gasteiger partial charge on any atom is 0.279 e. The number of hydrogen-bond acceptors (Lipinski definition) is 5. The van der Waals surface area contributed by atoms with Crippen molar-refractivity contribution in [3.8, 4) is 11.8 Å². The molecule has 0 spiro atoms. The molecule has 0 bridgehead atoms. The van der Waals surface area contributed by atoms with Crippen LogP contribution in [0.4, 0.5) is 0 Å². The third-order valence-electron chi connectivity index (χ3n) is 5.73. The molecule has 0 aliphatic rings. The number of hydrogen-bond donors (Lipinski definition) is 0. The highest BCUT2D eigenvalue weighted by molar-refractivity contribution is 5.95. The summed E-state index contributed by atoms with van der Waals surface area (Å²) in [6.07, 6.45) is 4.38. The number of nitriles is 1. The Balaban J connectivity index is 2.05. The van der Waals surface area contributed by atoms with Crippen molar-refractivity contribution in [2.24, 2.45) is 4.99 Å². The molecule has 0 saturated heterocycles. The van der Waals surface area contributed by atoms with Crippen molar-refractivity contribution in [3.63, 3.8) is 0 Å². The number of rotatable bonds is 6. The maximum atomic E-state index is 13.3. The van der Waals surface area contributed by atoms with Crippen LogP contribution in [-0.4, -0.2) is 27.0 Å². The first-order chi connectivity index (χ1) is 16.5. The fourth-order valence-corrected chi connectivity index (χ4v) is 3.94. The van der Waals surface area contributed by atoms with E-state index in [1.165, 1.54) is 17.6 Å². The van der Waals surface area contributed by atoms with Gasteiger partial charge in [-0.25, -0.2) is 4.98 Å². The summed E-state index contributed by atoms with van der Waals surface area (Å²) in [5.74, 6) is 0.0280. The van der Waals surface area contributed by atoms with E-state index >= 15 is 0 Å². The van der Waals surface area contributed by atoms with Crippen LogP contribution in [0, 0.1) is 18.3 Å². The number of benzene rings is 1. The zero-order chi connectivity index (χ0) is 24.2. The SMILES string of the molecule is CCCCCn1c(=NC(=O)c2cccc(OC)c2)c(C#N)cc2c(=O)n3cccc(C)c3nc21. The summed E-state index contributed by atoms with van der Waals surface area (Å²) < 4.78 is 8.42. The Bertz CT molecular complexity index is 1570. The lowest BCUT2D eigenvalue weighted by molar-refractivity contribution is 0.0996. The van der Waals surface area contributed by atoms with E-state index in [1.807, 2.05) is 13.0 Å². The molecule has 0 aliphatic carbocycles. The van der Waals surface area contributed by atoms with Gasteiger partial charge >= 0.3 is 0 Å². The van der Waals surface area contributed by atoms with Crippen molar-refractivity contribution >= 4 is 22.6 Å². The van der Waals surface area contributed by atoms with Crippen LogP contribution in [0.25, 0.3) is 16.7 Å². The van der Waals surface area contributed by atoms with E-state index in [0.29, 0.717) is 34.5 Å². The molecule has 1 aromatic carbocycles. The van der Waals surface area contributed by atoms with Gasteiger partial charge in [0.2, 0.25) is 0 Å². The van der Waals surface area contributed by atoms with E-state index < -0.39 is 5.91 Å². The fourth-order valence-electron chi connectivity index (χ4n) is 3.94. The predicted octanol–water partition coefficient (Wildman–Crippen LogP) is 3.77. The summed E-state index contributed by atoms with van der Waals surface area (Å²) in [6.45, 7) is 4.45. The summed E-state index contributed by atoms with van der Waals surface area (Å²) in [5, 5.41) is 10.2. The largest absolute Gasteiger partial charge is 0.497 e. The number of aryl methyl sites for hydroxylation is 2. The van der Waals surface area contributed by atoms with Crippen LogP contribution in [0.3, 0.4) is 0 Å². The lowest BCUT2D eigenvalue weighted by Crippen LogP contribution is -2.29. The normalized spacial score (nSPS) is 11.6. The molecule has 0 radical (unpaired) electrons. The average molecular weight is 456 g/mol. The molecule has 0 unspecified atom stereocenters. The molecular formula is C26H25N5O3.